The van der Waals surface area contributed by atoms with Crippen LogP contribution in [-0.4, -0.2) is 38.0 Å². The highest BCUT2D eigenvalue weighted by Crippen LogP contribution is 2.22. The van der Waals surface area contributed by atoms with Crippen molar-refractivity contribution in [3.63, 3.8) is 0 Å². The first-order valence-corrected chi connectivity index (χ1v) is 5.36. The molecular formula is C11H24N2O. The van der Waals surface area contributed by atoms with E-state index in [-0.39, 0.29) is 11.3 Å². The quantitative estimate of drug-likeness (QED) is 0.659. The van der Waals surface area contributed by atoms with Gasteiger partial charge in [0.15, 0.2) is 0 Å². The van der Waals surface area contributed by atoms with Crippen molar-refractivity contribution in [2.45, 2.75) is 33.6 Å². The zero-order valence-corrected chi connectivity index (χ0v) is 10.2. The molecule has 0 aromatic carbocycles. The van der Waals surface area contributed by atoms with Crippen LogP contribution < -0.4 is 5.32 Å². The Labute approximate surface area is 87.9 Å². The van der Waals surface area contributed by atoms with Gasteiger partial charge in [-0.15, -0.1) is 0 Å². The van der Waals surface area contributed by atoms with Gasteiger partial charge in [-0.25, -0.2) is 0 Å². The van der Waals surface area contributed by atoms with E-state index in [2.05, 4.69) is 12.2 Å². The topological polar surface area (TPSA) is 32.3 Å². The number of carbonyl (C=O) groups excluding carboxylic acids is 1. The molecule has 0 saturated heterocycles. The molecule has 0 fully saturated rings. The molecule has 84 valence electrons. The molecule has 0 atom stereocenters. The maximum Gasteiger partial charge on any atom is 0.227 e. The molecule has 14 heavy (non-hydrogen) atoms. The number of hydrogen-bond donors (Lipinski definition) is 1. The molecule has 0 aromatic heterocycles. The molecule has 0 saturated carbocycles. The van der Waals surface area contributed by atoms with Gasteiger partial charge in [0, 0.05) is 19.0 Å². The number of amides is 1. The molecule has 3 nitrogen and oxygen atoms in total. The molecule has 0 unspecified atom stereocenters. The van der Waals surface area contributed by atoms with E-state index in [1.165, 1.54) is 0 Å². The second-order valence-corrected chi connectivity index (χ2v) is 4.42. The normalized spacial score (nSPS) is 11.5. The van der Waals surface area contributed by atoms with Gasteiger partial charge in [-0.2, -0.15) is 0 Å². The second-order valence-electron chi connectivity index (χ2n) is 4.42. The van der Waals surface area contributed by atoms with Crippen LogP contribution in [0.4, 0.5) is 0 Å². The summed E-state index contributed by atoms with van der Waals surface area (Å²) in [4.78, 5) is 13.7. The number of carbonyl (C=O) groups is 1. The Balaban J connectivity index is 3.99. The first-order valence-electron chi connectivity index (χ1n) is 5.36. The number of nitrogens with zero attached hydrogens (tertiary/aromatic N) is 1. The lowest BCUT2D eigenvalue weighted by Crippen LogP contribution is -2.39. The summed E-state index contributed by atoms with van der Waals surface area (Å²) < 4.78 is 0. The molecule has 1 N–H and O–H groups in total. The Bertz CT molecular complexity index is 178. The third kappa shape index (κ3) is 4.09. The van der Waals surface area contributed by atoms with Crippen LogP contribution in [-0.2, 0) is 4.79 Å². The highest BCUT2D eigenvalue weighted by Gasteiger charge is 2.27. The standard InChI is InChI=1S/C11H24N2O/c1-6-11(2,3)10(14)13(5)9-7-8-12-4/h12H,6-9H2,1-5H3. The molecule has 0 aromatic rings. The summed E-state index contributed by atoms with van der Waals surface area (Å²) >= 11 is 0. The molecule has 0 heterocycles. The van der Waals surface area contributed by atoms with Gasteiger partial charge in [0.1, 0.15) is 0 Å². The van der Waals surface area contributed by atoms with Crippen molar-refractivity contribution < 1.29 is 4.79 Å². The fourth-order valence-corrected chi connectivity index (χ4v) is 1.26. The van der Waals surface area contributed by atoms with E-state index in [1.54, 1.807) is 0 Å². The summed E-state index contributed by atoms with van der Waals surface area (Å²) in [6.07, 6.45) is 1.90. The third-order valence-electron chi connectivity index (χ3n) is 2.73. The van der Waals surface area contributed by atoms with Gasteiger partial charge in [0.25, 0.3) is 0 Å². The maximum atomic E-state index is 11.9. The van der Waals surface area contributed by atoms with Gasteiger partial charge in [0.2, 0.25) is 5.91 Å². The predicted octanol–water partition coefficient (Wildman–Crippen LogP) is 1.49. The average molecular weight is 200 g/mol. The van der Waals surface area contributed by atoms with Crippen molar-refractivity contribution in [2.24, 2.45) is 5.41 Å². The van der Waals surface area contributed by atoms with Crippen LogP contribution in [0.5, 0.6) is 0 Å². The predicted molar refractivity (Wildman–Crippen MR) is 60.3 cm³/mol. The molecule has 0 aliphatic rings. The monoisotopic (exact) mass is 200 g/mol. The minimum absolute atomic E-state index is 0.214. The summed E-state index contributed by atoms with van der Waals surface area (Å²) in [7, 11) is 3.81. The van der Waals surface area contributed by atoms with E-state index >= 15 is 0 Å². The molecular weight excluding hydrogens is 176 g/mol. The van der Waals surface area contributed by atoms with Crippen LogP contribution in [0.1, 0.15) is 33.6 Å². The van der Waals surface area contributed by atoms with Crippen LogP contribution in [0.3, 0.4) is 0 Å². The largest absolute Gasteiger partial charge is 0.345 e. The Morgan fingerprint density at radius 2 is 2.00 bits per heavy atom. The molecule has 0 bridgehead atoms. The van der Waals surface area contributed by atoms with Crippen LogP contribution >= 0.6 is 0 Å². The fourth-order valence-electron chi connectivity index (χ4n) is 1.26. The summed E-state index contributed by atoms with van der Waals surface area (Å²) in [5.41, 5.74) is -0.214. The Morgan fingerprint density at radius 3 is 2.43 bits per heavy atom. The summed E-state index contributed by atoms with van der Waals surface area (Å²) in [5, 5.41) is 3.08. The van der Waals surface area contributed by atoms with Crippen LogP contribution in [0.2, 0.25) is 0 Å². The first kappa shape index (κ1) is 13.4. The van der Waals surface area contributed by atoms with E-state index < -0.39 is 0 Å². The first-order chi connectivity index (χ1) is 6.45. The van der Waals surface area contributed by atoms with E-state index in [0.717, 1.165) is 25.9 Å². The van der Waals surface area contributed by atoms with Crippen LogP contribution in [0, 0.1) is 5.41 Å². The van der Waals surface area contributed by atoms with Crippen molar-refractivity contribution in [3.05, 3.63) is 0 Å². The fraction of sp³-hybridized carbons (Fsp3) is 0.909. The molecule has 0 aliphatic heterocycles. The van der Waals surface area contributed by atoms with Gasteiger partial charge in [-0.3, -0.25) is 4.79 Å². The molecule has 3 heteroatoms. The number of nitrogens with one attached hydrogen (secondary N) is 1. The highest BCUT2D eigenvalue weighted by molar-refractivity contribution is 5.81. The van der Waals surface area contributed by atoms with Crippen molar-refractivity contribution in [1.29, 1.82) is 0 Å². The van der Waals surface area contributed by atoms with Gasteiger partial charge in [-0.05, 0) is 26.4 Å². The minimum Gasteiger partial charge on any atom is -0.345 e. The molecule has 0 rings (SSSR count). The molecule has 1 amide bonds. The van der Waals surface area contributed by atoms with E-state index in [0.29, 0.717) is 0 Å². The van der Waals surface area contributed by atoms with Crippen LogP contribution in [0.25, 0.3) is 0 Å². The third-order valence-corrected chi connectivity index (χ3v) is 2.73. The van der Waals surface area contributed by atoms with Crippen molar-refractivity contribution in [3.8, 4) is 0 Å². The second kappa shape index (κ2) is 6.02. The summed E-state index contributed by atoms with van der Waals surface area (Å²) in [6, 6.07) is 0. The zero-order valence-electron chi connectivity index (χ0n) is 10.2. The SMILES string of the molecule is CCC(C)(C)C(=O)N(C)CCCNC. The van der Waals surface area contributed by atoms with Gasteiger partial charge >= 0.3 is 0 Å². The van der Waals surface area contributed by atoms with E-state index in [1.807, 2.05) is 32.8 Å². The van der Waals surface area contributed by atoms with Gasteiger partial charge in [-0.1, -0.05) is 20.8 Å². The van der Waals surface area contributed by atoms with Crippen molar-refractivity contribution >= 4 is 5.91 Å². The van der Waals surface area contributed by atoms with Crippen molar-refractivity contribution in [2.75, 3.05) is 27.2 Å². The average Bonchev–Trinajstić information content (AvgIpc) is 2.17. The summed E-state index contributed by atoms with van der Waals surface area (Å²) in [5.74, 6) is 0.246. The molecule has 0 radical (unpaired) electrons. The van der Waals surface area contributed by atoms with E-state index in [4.69, 9.17) is 0 Å². The Morgan fingerprint density at radius 1 is 1.43 bits per heavy atom. The van der Waals surface area contributed by atoms with Crippen LogP contribution in [0.15, 0.2) is 0 Å². The van der Waals surface area contributed by atoms with Gasteiger partial charge in [0.05, 0.1) is 0 Å². The van der Waals surface area contributed by atoms with Crippen molar-refractivity contribution in [1.82, 2.24) is 10.2 Å². The lowest BCUT2D eigenvalue weighted by Gasteiger charge is -2.28. The Hall–Kier alpha value is -0.570. The summed E-state index contributed by atoms with van der Waals surface area (Å²) in [6.45, 7) is 7.86. The smallest absolute Gasteiger partial charge is 0.227 e. The maximum absolute atomic E-state index is 11.9. The van der Waals surface area contributed by atoms with E-state index in [9.17, 15) is 4.79 Å². The zero-order chi connectivity index (χ0) is 11.2. The number of hydrogen-bond acceptors (Lipinski definition) is 2. The Kier molecular flexibility index (Phi) is 5.77. The number of rotatable bonds is 6. The molecule has 0 spiro atoms. The van der Waals surface area contributed by atoms with Gasteiger partial charge < -0.3 is 10.2 Å². The minimum atomic E-state index is -0.214. The lowest BCUT2D eigenvalue weighted by molar-refractivity contribution is -0.139. The molecule has 0 aliphatic carbocycles. The highest BCUT2D eigenvalue weighted by atomic mass is 16.2. The lowest BCUT2D eigenvalue weighted by atomic mass is 9.88.